The minimum Gasteiger partial charge on any atom is -0.493 e. The van der Waals surface area contributed by atoms with Crippen LogP contribution >= 0.6 is 0 Å². The first-order chi connectivity index (χ1) is 18.0. The lowest BCUT2D eigenvalue weighted by molar-refractivity contribution is 0.0947. The number of anilines is 1. The smallest absolute Gasteiger partial charge is 0.264 e. The topological polar surface area (TPSA) is 84.9 Å². The lowest BCUT2D eigenvalue weighted by Crippen LogP contribution is -2.30. The number of nitrogens with one attached hydrogen (secondary N) is 1. The van der Waals surface area contributed by atoms with Gasteiger partial charge in [0.2, 0.25) is 0 Å². The Kier molecular flexibility index (Phi) is 8.43. The Morgan fingerprint density at radius 3 is 2.03 bits per heavy atom. The van der Waals surface area contributed by atoms with E-state index in [1.165, 1.54) is 4.31 Å². The number of benzene rings is 4. The average Bonchev–Trinajstić information content (AvgIpc) is 2.95. The molecule has 0 aliphatic carbocycles. The van der Waals surface area contributed by atoms with Crippen LogP contribution in [0.25, 0.3) is 0 Å². The summed E-state index contributed by atoms with van der Waals surface area (Å²) in [6.45, 7) is 0.721. The van der Waals surface area contributed by atoms with E-state index in [1.807, 2.05) is 18.2 Å². The normalized spacial score (nSPS) is 10.9. The Hall–Kier alpha value is -4.30. The van der Waals surface area contributed by atoms with E-state index in [4.69, 9.17) is 9.47 Å². The molecule has 4 aromatic rings. The molecule has 0 bridgehead atoms. The lowest BCUT2D eigenvalue weighted by atomic mass is 10.1. The highest BCUT2D eigenvalue weighted by atomic mass is 32.2. The molecule has 4 aromatic carbocycles. The van der Waals surface area contributed by atoms with Crippen molar-refractivity contribution in [2.24, 2.45) is 0 Å². The number of ether oxygens (including phenoxy) is 2. The first-order valence-corrected chi connectivity index (χ1v) is 13.2. The van der Waals surface area contributed by atoms with Crippen molar-refractivity contribution in [3.05, 3.63) is 120 Å². The second-order valence-electron chi connectivity index (χ2n) is 8.11. The molecule has 0 radical (unpaired) electrons. The van der Waals surface area contributed by atoms with Gasteiger partial charge < -0.3 is 14.8 Å². The Morgan fingerprint density at radius 2 is 1.38 bits per heavy atom. The highest BCUT2D eigenvalue weighted by Gasteiger charge is 2.25. The second kappa shape index (κ2) is 12.1. The van der Waals surface area contributed by atoms with Gasteiger partial charge in [-0.1, -0.05) is 60.7 Å². The van der Waals surface area contributed by atoms with Crippen LogP contribution in [0.1, 0.15) is 15.9 Å². The number of hydrogen-bond acceptors (Lipinski definition) is 5. The highest BCUT2D eigenvalue weighted by Crippen LogP contribution is 2.26. The molecular weight excluding hydrogens is 488 g/mol. The number of carbonyl (C=O) groups is 1. The molecule has 8 heteroatoms. The highest BCUT2D eigenvalue weighted by molar-refractivity contribution is 7.92. The van der Waals surface area contributed by atoms with Gasteiger partial charge in [0.15, 0.2) is 11.5 Å². The molecule has 0 aliphatic heterocycles. The minimum absolute atomic E-state index is 0.121. The molecule has 1 amide bonds. The second-order valence-corrected chi connectivity index (χ2v) is 9.97. The summed E-state index contributed by atoms with van der Waals surface area (Å²) in [4.78, 5) is 12.8. The van der Waals surface area contributed by atoms with Crippen molar-refractivity contribution in [3.8, 4) is 11.5 Å². The van der Waals surface area contributed by atoms with Gasteiger partial charge in [-0.05, 0) is 54.1 Å². The molecule has 0 heterocycles. The summed E-state index contributed by atoms with van der Waals surface area (Å²) in [6.07, 6.45) is 0. The van der Waals surface area contributed by atoms with Crippen LogP contribution < -0.4 is 19.1 Å². The van der Waals surface area contributed by atoms with E-state index in [9.17, 15) is 13.2 Å². The maximum Gasteiger partial charge on any atom is 0.264 e. The third-order valence-corrected chi connectivity index (χ3v) is 7.42. The van der Waals surface area contributed by atoms with Crippen LogP contribution in [-0.2, 0) is 16.6 Å². The SMILES string of the molecule is COc1ccccc1OCCNC(=O)c1ccc(CN(c2ccccc2)S(=O)(=O)c2ccccc2)cc1. The van der Waals surface area contributed by atoms with E-state index in [0.717, 1.165) is 5.56 Å². The number of para-hydroxylation sites is 3. The number of sulfonamides is 1. The molecule has 0 saturated carbocycles. The molecule has 0 unspecified atom stereocenters. The van der Waals surface area contributed by atoms with Gasteiger partial charge in [0, 0.05) is 5.56 Å². The third kappa shape index (κ3) is 6.48. The number of rotatable bonds is 11. The Bertz CT molecular complexity index is 1410. The van der Waals surface area contributed by atoms with E-state index in [1.54, 1.807) is 98.1 Å². The number of amides is 1. The third-order valence-electron chi connectivity index (χ3n) is 5.63. The predicted molar refractivity (Wildman–Crippen MR) is 144 cm³/mol. The van der Waals surface area contributed by atoms with Crippen LogP contribution in [0, 0.1) is 0 Å². The zero-order valence-electron chi connectivity index (χ0n) is 20.4. The summed E-state index contributed by atoms with van der Waals surface area (Å²) in [7, 11) is -2.22. The molecule has 190 valence electrons. The maximum absolute atomic E-state index is 13.4. The Morgan fingerprint density at radius 1 is 0.784 bits per heavy atom. The van der Waals surface area contributed by atoms with Crippen molar-refractivity contribution < 1.29 is 22.7 Å². The molecule has 0 aliphatic rings. The predicted octanol–water partition coefficient (Wildman–Crippen LogP) is 4.90. The first kappa shape index (κ1) is 25.8. The quantitative estimate of drug-likeness (QED) is 0.287. The first-order valence-electron chi connectivity index (χ1n) is 11.7. The summed E-state index contributed by atoms with van der Waals surface area (Å²) in [6, 6.07) is 31.5. The Labute approximate surface area is 217 Å². The zero-order chi connectivity index (χ0) is 26.1. The number of hydrogen-bond donors (Lipinski definition) is 1. The van der Waals surface area contributed by atoms with Crippen molar-refractivity contribution in [1.82, 2.24) is 5.32 Å². The molecule has 0 saturated heterocycles. The van der Waals surface area contributed by atoms with Crippen LogP contribution in [0.2, 0.25) is 0 Å². The van der Waals surface area contributed by atoms with Crippen LogP contribution in [0.3, 0.4) is 0 Å². The largest absolute Gasteiger partial charge is 0.493 e. The summed E-state index contributed by atoms with van der Waals surface area (Å²) < 4.78 is 39.2. The van der Waals surface area contributed by atoms with Crippen molar-refractivity contribution in [2.75, 3.05) is 24.6 Å². The van der Waals surface area contributed by atoms with Crippen molar-refractivity contribution >= 4 is 21.6 Å². The number of methoxy groups -OCH3 is 1. The van der Waals surface area contributed by atoms with Gasteiger partial charge >= 0.3 is 0 Å². The van der Waals surface area contributed by atoms with Crippen molar-refractivity contribution in [3.63, 3.8) is 0 Å². The van der Waals surface area contributed by atoms with E-state index >= 15 is 0 Å². The number of nitrogens with zero attached hydrogens (tertiary/aromatic N) is 1. The van der Waals surface area contributed by atoms with Gasteiger partial charge in [-0.15, -0.1) is 0 Å². The van der Waals surface area contributed by atoms with Crippen molar-refractivity contribution in [1.29, 1.82) is 0 Å². The molecule has 0 spiro atoms. The molecule has 0 fully saturated rings. The molecule has 0 atom stereocenters. The van der Waals surface area contributed by atoms with Crippen LogP contribution in [0.5, 0.6) is 11.5 Å². The standard InChI is InChI=1S/C29H28N2O5S/c1-35-27-14-8-9-15-28(27)36-21-20-30-29(32)24-18-16-23(17-19-24)22-31(25-10-4-2-5-11-25)37(33,34)26-12-6-3-7-13-26/h2-19H,20-22H2,1H3,(H,30,32). The van der Waals surface area contributed by atoms with Crippen LogP contribution in [-0.4, -0.2) is 34.6 Å². The summed E-state index contributed by atoms with van der Waals surface area (Å²) in [5.41, 5.74) is 1.78. The van der Waals surface area contributed by atoms with Crippen molar-refractivity contribution in [2.45, 2.75) is 11.4 Å². The summed E-state index contributed by atoms with van der Waals surface area (Å²) in [5.74, 6) is 0.993. The lowest BCUT2D eigenvalue weighted by Gasteiger charge is -2.25. The van der Waals surface area contributed by atoms with E-state index in [-0.39, 0.29) is 24.0 Å². The van der Waals surface area contributed by atoms with Gasteiger partial charge in [0.1, 0.15) is 6.61 Å². The van der Waals surface area contributed by atoms with Crippen LogP contribution in [0.4, 0.5) is 5.69 Å². The molecular formula is C29H28N2O5S. The van der Waals surface area contributed by atoms with E-state index < -0.39 is 10.0 Å². The van der Waals surface area contributed by atoms with E-state index in [0.29, 0.717) is 29.3 Å². The van der Waals surface area contributed by atoms with Gasteiger partial charge in [0.05, 0.1) is 30.8 Å². The molecule has 4 rings (SSSR count). The average molecular weight is 517 g/mol. The molecule has 1 N–H and O–H groups in total. The van der Waals surface area contributed by atoms with Gasteiger partial charge in [-0.2, -0.15) is 0 Å². The Balaban J connectivity index is 1.41. The fraction of sp³-hybridized carbons (Fsp3) is 0.138. The number of carbonyl (C=O) groups excluding carboxylic acids is 1. The molecule has 37 heavy (non-hydrogen) atoms. The minimum atomic E-state index is -3.79. The summed E-state index contributed by atoms with van der Waals surface area (Å²) in [5, 5.41) is 2.83. The summed E-state index contributed by atoms with van der Waals surface area (Å²) >= 11 is 0. The maximum atomic E-state index is 13.4. The van der Waals surface area contributed by atoms with E-state index in [2.05, 4.69) is 5.32 Å². The van der Waals surface area contributed by atoms with Gasteiger partial charge in [0.25, 0.3) is 15.9 Å². The van der Waals surface area contributed by atoms with Gasteiger partial charge in [-0.25, -0.2) is 8.42 Å². The fourth-order valence-corrected chi connectivity index (χ4v) is 5.20. The fourth-order valence-electron chi connectivity index (χ4n) is 3.72. The molecule has 7 nitrogen and oxygen atoms in total. The zero-order valence-corrected chi connectivity index (χ0v) is 21.2. The molecule has 0 aromatic heterocycles. The van der Waals surface area contributed by atoms with Crippen LogP contribution in [0.15, 0.2) is 114 Å². The van der Waals surface area contributed by atoms with Gasteiger partial charge in [-0.3, -0.25) is 9.10 Å². The monoisotopic (exact) mass is 516 g/mol.